The summed E-state index contributed by atoms with van der Waals surface area (Å²) in [5.74, 6) is 0.0988. The maximum Gasteiger partial charge on any atom is 0.251 e. The average Bonchev–Trinajstić information content (AvgIpc) is 3.06. The summed E-state index contributed by atoms with van der Waals surface area (Å²) >= 11 is 11.5. The summed E-state index contributed by atoms with van der Waals surface area (Å²) in [4.78, 5) is 12.6. The van der Waals surface area contributed by atoms with Crippen molar-refractivity contribution in [2.75, 3.05) is 14.1 Å². The Bertz CT molecular complexity index is 1200. The molecule has 11 heteroatoms. The first-order valence-corrected chi connectivity index (χ1v) is 10.7. The van der Waals surface area contributed by atoms with Crippen molar-refractivity contribution >= 4 is 39.7 Å². The molecule has 0 unspecified atom stereocenters. The van der Waals surface area contributed by atoms with Gasteiger partial charge in [-0.3, -0.25) is 14.5 Å². The fourth-order valence-electron chi connectivity index (χ4n) is 2.58. The molecule has 1 heterocycles. The minimum Gasteiger partial charge on any atom is -0.345 e. The lowest BCUT2D eigenvalue weighted by Crippen LogP contribution is -2.25. The van der Waals surface area contributed by atoms with Crippen LogP contribution in [0.25, 0.3) is 5.69 Å². The highest BCUT2D eigenvalue weighted by Gasteiger charge is 2.18. The quantitative estimate of drug-likeness (QED) is 0.561. The number of benzene rings is 2. The molecule has 3 aromatic rings. The Labute approximate surface area is 178 Å². The molecule has 0 aliphatic heterocycles. The average molecular weight is 452 g/mol. The lowest BCUT2D eigenvalue weighted by Gasteiger charge is -2.12. The van der Waals surface area contributed by atoms with Crippen molar-refractivity contribution in [2.24, 2.45) is 0 Å². The van der Waals surface area contributed by atoms with Crippen LogP contribution >= 0.6 is 23.8 Å². The molecule has 0 aliphatic rings. The molecule has 1 amide bonds. The van der Waals surface area contributed by atoms with Crippen molar-refractivity contribution in [3.63, 3.8) is 0 Å². The van der Waals surface area contributed by atoms with Crippen LogP contribution in [0.15, 0.2) is 53.4 Å². The molecule has 2 aromatic carbocycles. The van der Waals surface area contributed by atoms with E-state index >= 15 is 0 Å². The number of aromatic amines is 1. The number of carbonyl (C=O) groups excluding carboxylic acids is 1. The van der Waals surface area contributed by atoms with Crippen LogP contribution in [0.4, 0.5) is 0 Å². The van der Waals surface area contributed by atoms with Crippen molar-refractivity contribution in [3.8, 4) is 5.69 Å². The monoisotopic (exact) mass is 451 g/mol. The Balaban J connectivity index is 1.77. The molecule has 29 heavy (non-hydrogen) atoms. The number of H-pyrrole nitrogens is 1. The second-order valence-electron chi connectivity index (χ2n) is 6.23. The Hall–Kier alpha value is -2.53. The molecule has 1 aromatic heterocycles. The minimum absolute atomic E-state index is 0.0922. The van der Waals surface area contributed by atoms with Gasteiger partial charge in [0.15, 0.2) is 10.6 Å². The van der Waals surface area contributed by atoms with Gasteiger partial charge in [0.05, 0.1) is 22.2 Å². The summed E-state index contributed by atoms with van der Waals surface area (Å²) < 4.78 is 27.3. The zero-order valence-corrected chi connectivity index (χ0v) is 18.0. The molecule has 0 bridgehead atoms. The number of hydrogen-bond acceptors (Lipinski definition) is 5. The number of nitrogens with one attached hydrogen (secondary N) is 2. The van der Waals surface area contributed by atoms with Gasteiger partial charge >= 0.3 is 0 Å². The molecule has 0 atom stereocenters. The summed E-state index contributed by atoms with van der Waals surface area (Å²) in [6, 6.07) is 12.8. The summed E-state index contributed by atoms with van der Waals surface area (Å²) in [5.41, 5.74) is 0.969. The molecule has 0 aliphatic carbocycles. The fraction of sp³-hybridized carbons (Fsp3) is 0.167. The van der Waals surface area contributed by atoms with Crippen LogP contribution in [0, 0.1) is 4.77 Å². The third kappa shape index (κ3) is 4.40. The maximum atomic E-state index is 12.5. The van der Waals surface area contributed by atoms with Crippen molar-refractivity contribution in [2.45, 2.75) is 11.4 Å². The highest BCUT2D eigenvalue weighted by molar-refractivity contribution is 7.89. The van der Waals surface area contributed by atoms with E-state index < -0.39 is 10.0 Å². The van der Waals surface area contributed by atoms with E-state index in [1.165, 1.54) is 38.4 Å². The van der Waals surface area contributed by atoms with E-state index in [9.17, 15) is 13.2 Å². The maximum absolute atomic E-state index is 12.5. The Kier molecular flexibility index (Phi) is 6.18. The molecule has 8 nitrogen and oxygen atoms in total. The van der Waals surface area contributed by atoms with Crippen LogP contribution in [0.3, 0.4) is 0 Å². The Morgan fingerprint density at radius 1 is 1.21 bits per heavy atom. The number of rotatable bonds is 6. The van der Waals surface area contributed by atoms with Gasteiger partial charge in [-0.2, -0.15) is 5.10 Å². The van der Waals surface area contributed by atoms with Gasteiger partial charge in [-0.1, -0.05) is 23.7 Å². The predicted molar refractivity (Wildman–Crippen MR) is 112 cm³/mol. The van der Waals surface area contributed by atoms with E-state index in [1.807, 2.05) is 6.07 Å². The predicted octanol–water partition coefficient (Wildman–Crippen LogP) is 2.76. The second-order valence-corrected chi connectivity index (χ2v) is 9.17. The molecular weight excluding hydrogens is 434 g/mol. The molecule has 0 saturated heterocycles. The first-order valence-electron chi connectivity index (χ1n) is 8.44. The number of nitrogens with zero attached hydrogens (tertiary/aromatic N) is 3. The van der Waals surface area contributed by atoms with Gasteiger partial charge in [-0.05, 0) is 48.6 Å². The summed E-state index contributed by atoms with van der Waals surface area (Å²) in [5, 5.41) is 10.1. The van der Waals surface area contributed by atoms with Crippen LogP contribution in [0.2, 0.25) is 5.02 Å². The summed E-state index contributed by atoms with van der Waals surface area (Å²) in [6.45, 7) is 0.0922. The summed E-state index contributed by atoms with van der Waals surface area (Å²) in [6.07, 6.45) is 0. The standard InChI is InChI=1S/C18H18ClN5O3S2/c1-23(2)29(26,27)13-9-7-12(8-10-13)17(25)20-11-16-21-22-18(28)24(16)15-6-4-3-5-14(15)19/h3-10H,11H2,1-2H3,(H,20,25)(H,22,28). The minimum atomic E-state index is -3.55. The van der Waals surface area contributed by atoms with E-state index in [2.05, 4.69) is 15.5 Å². The Morgan fingerprint density at radius 3 is 2.48 bits per heavy atom. The van der Waals surface area contributed by atoms with E-state index in [-0.39, 0.29) is 17.3 Å². The smallest absolute Gasteiger partial charge is 0.251 e. The normalized spacial score (nSPS) is 11.6. The van der Waals surface area contributed by atoms with Gasteiger partial charge in [0.1, 0.15) is 0 Å². The van der Waals surface area contributed by atoms with E-state index in [0.717, 1.165) is 4.31 Å². The third-order valence-electron chi connectivity index (χ3n) is 4.14. The fourth-order valence-corrected chi connectivity index (χ4v) is 3.95. The number of sulfonamides is 1. The lowest BCUT2D eigenvalue weighted by molar-refractivity contribution is 0.0949. The zero-order chi connectivity index (χ0) is 21.2. The molecule has 3 rings (SSSR count). The van der Waals surface area contributed by atoms with Gasteiger partial charge in [-0.15, -0.1) is 0 Å². The van der Waals surface area contributed by atoms with Crippen molar-refractivity contribution in [3.05, 3.63) is 69.7 Å². The number of carbonyl (C=O) groups is 1. The number of aromatic nitrogens is 3. The zero-order valence-electron chi connectivity index (χ0n) is 15.6. The van der Waals surface area contributed by atoms with Gasteiger partial charge < -0.3 is 5.32 Å². The van der Waals surface area contributed by atoms with Gasteiger partial charge in [-0.25, -0.2) is 12.7 Å². The number of halogens is 1. The van der Waals surface area contributed by atoms with E-state index in [1.54, 1.807) is 22.8 Å². The number of hydrogen-bond donors (Lipinski definition) is 2. The topological polar surface area (TPSA) is 100 Å². The van der Waals surface area contributed by atoms with Gasteiger partial charge in [0, 0.05) is 19.7 Å². The molecule has 152 valence electrons. The molecule has 0 spiro atoms. The molecule has 0 radical (unpaired) electrons. The van der Waals surface area contributed by atoms with Crippen LogP contribution in [-0.4, -0.2) is 47.5 Å². The second kappa shape index (κ2) is 8.46. The largest absolute Gasteiger partial charge is 0.345 e. The van der Waals surface area contributed by atoms with E-state index in [0.29, 0.717) is 26.9 Å². The molecule has 0 fully saturated rings. The highest BCUT2D eigenvalue weighted by atomic mass is 35.5. The van der Waals surface area contributed by atoms with Gasteiger partial charge in [0.25, 0.3) is 5.91 Å². The van der Waals surface area contributed by atoms with Crippen molar-refractivity contribution < 1.29 is 13.2 Å². The molecule has 0 saturated carbocycles. The molecule has 2 N–H and O–H groups in total. The van der Waals surface area contributed by atoms with Crippen molar-refractivity contribution in [1.29, 1.82) is 0 Å². The first kappa shape index (κ1) is 21.2. The van der Waals surface area contributed by atoms with E-state index in [4.69, 9.17) is 23.8 Å². The lowest BCUT2D eigenvalue weighted by atomic mass is 10.2. The summed E-state index contributed by atoms with van der Waals surface area (Å²) in [7, 11) is -0.660. The van der Waals surface area contributed by atoms with Crippen molar-refractivity contribution in [1.82, 2.24) is 24.4 Å². The highest BCUT2D eigenvalue weighted by Crippen LogP contribution is 2.21. The SMILES string of the molecule is CN(C)S(=O)(=O)c1ccc(C(=O)NCc2n[nH]c(=S)n2-c2ccccc2Cl)cc1. The van der Waals surface area contributed by atoms with Crippen LogP contribution in [0.5, 0.6) is 0 Å². The van der Waals surface area contributed by atoms with Gasteiger partial charge in [0.2, 0.25) is 10.0 Å². The third-order valence-corrected chi connectivity index (χ3v) is 6.56. The van der Waals surface area contributed by atoms with Crippen LogP contribution in [-0.2, 0) is 16.6 Å². The van der Waals surface area contributed by atoms with Crippen LogP contribution < -0.4 is 5.32 Å². The molecular formula is C18H18ClN5O3S2. The first-order chi connectivity index (χ1) is 13.7. The van der Waals surface area contributed by atoms with Crippen LogP contribution in [0.1, 0.15) is 16.2 Å². The number of para-hydroxylation sites is 1. The Morgan fingerprint density at radius 2 is 1.86 bits per heavy atom. The number of amides is 1.